The lowest BCUT2D eigenvalue weighted by Crippen LogP contribution is -2.32. The Morgan fingerprint density at radius 1 is 0.865 bits per heavy atom. The second-order valence-electron chi connectivity index (χ2n) is 14.0. The summed E-state index contributed by atoms with van der Waals surface area (Å²) >= 11 is 0. The number of hydrogen-bond donors (Lipinski definition) is 3. The van der Waals surface area contributed by atoms with E-state index < -0.39 is 35.9 Å². The van der Waals surface area contributed by atoms with E-state index in [2.05, 4.69) is 57.4 Å². The van der Waals surface area contributed by atoms with Crippen molar-refractivity contribution in [2.24, 2.45) is 5.92 Å². The summed E-state index contributed by atoms with van der Waals surface area (Å²) in [6, 6.07) is 33.2. The molecule has 0 aliphatic heterocycles. The zero-order valence-corrected chi connectivity index (χ0v) is 29.3. The number of alkyl carbamates (subject to hydrolysis) is 1. The minimum Gasteiger partial charge on any atom is -0.444 e. The van der Waals surface area contributed by atoms with Crippen molar-refractivity contribution in [3.63, 3.8) is 0 Å². The number of rotatable bonds is 13. The average molecular weight is 710 g/mol. The van der Waals surface area contributed by atoms with E-state index in [4.69, 9.17) is 4.74 Å². The number of amides is 2. The molecule has 1 saturated carbocycles. The van der Waals surface area contributed by atoms with E-state index >= 15 is 0 Å². The molecule has 5 aromatic rings. The highest BCUT2D eigenvalue weighted by molar-refractivity contribution is 6.03. The summed E-state index contributed by atoms with van der Waals surface area (Å²) in [6.45, 7) is 4.17. The lowest BCUT2D eigenvalue weighted by atomic mass is 9.95. The first-order chi connectivity index (χ1) is 24.9. The van der Waals surface area contributed by atoms with E-state index in [-0.39, 0.29) is 24.0 Å². The molecule has 1 fully saturated rings. The van der Waals surface area contributed by atoms with Crippen molar-refractivity contribution in [2.75, 3.05) is 18.5 Å². The Morgan fingerprint density at radius 3 is 2.27 bits per heavy atom. The minimum atomic E-state index is -3.91. The summed E-state index contributed by atoms with van der Waals surface area (Å²) in [5.74, 6) is -4.00. The third-order valence-corrected chi connectivity index (χ3v) is 8.61. The second-order valence-corrected chi connectivity index (χ2v) is 14.0. The van der Waals surface area contributed by atoms with Crippen LogP contribution in [0.15, 0.2) is 109 Å². The van der Waals surface area contributed by atoms with E-state index in [0.717, 1.165) is 39.5 Å². The van der Waals surface area contributed by atoms with Crippen LogP contribution < -0.4 is 16.0 Å². The van der Waals surface area contributed by atoms with Gasteiger partial charge in [0.05, 0.1) is 11.7 Å². The van der Waals surface area contributed by atoms with E-state index in [1.165, 1.54) is 12.8 Å². The van der Waals surface area contributed by atoms with Crippen molar-refractivity contribution in [2.45, 2.75) is 57.7 Å². The number of benzene rings is 4. The van der Waals surface area contributed by atoms with Crippen molar-refractivity contribution in [3.05, 3.63) is 137 Å². The summed E-state index contributed by atoms with van der Waals surface area (Å²) < 4.78 is 49.0. The lowest BCUT2D eigenvalue weighted by Gasteiger charge is -2.21. The van der Waals surface area contributed by atoms with Gasteiger partial charge < -0.3 is 20.7 Å². The fourth-order valence-corrected chi connectivity index (χ4v) is 5.80. The molecular formula is C41H42F3N5O3. The zero-order chi connectivity index (χ0) is 36.9. The van der Waals surface area contributed by atoms with Gasteiger partial charge in [0.15, 0.2) is 6.67 Å². The Morgan fingerprint density at radius 2 is 1.58 bits per heavy atom. The zero-order valence-electron chi connectivity index (χ0n) is 29.3. The van der Waals surface area contributed by atoms with Crippen LogP contribution in [0.4, 0.5) is 23.7 Å². The summed E-state index contributed by atoms with van der Waals surface area (Å²) in [6.07, 6.45) is 1.74. The molecule has 1 atom stereocenters. The highest BCUT2D eigenvalue weighted by atomic mass is 19.3. The Bertz CT molecular complexity index is 2000. The van der Waals surface area contributed by atoms with Crippen molar-refractivity contribution in [1.82, 2.24) is 20.4 Å². The van der Waals surface area contributed by atoms with Crippen LogP contribution in [0.1, 0.15) is 72.5 Å². The molecule has 270 valence electrons. The number of ether oxygens (including phenoxy) is 1. The van der Waals surface area contributed by atoms with Gasteiger partial charge in [-0.1, -0.05) is 78.9 Å². The molecule has 0 radical (unpaired) electrons. The summed E-state index contributed by atoms with van der Waals surface area (Å²) in [7, 11) is 0. The third-order valence-electron chi connectivity index (χ3n) is 8.61. The van der Waals surface area contributed by atoms with Gasteiger partial charge in [0.1, 0.15) is 17.0 Å². The molecule has 1 heterocycles. The maximum absolute atomic E-state index is 14.6. The topological polar surface area (TPSA) is 97.3 Å². The molecule has 3 N–H and O–H groups in total. The van der Waals surface area contributed by atoms with Crippen molar-refractivity contribution in [3.8, 4) is 16.8 Å². The average Bonchev–Trinajstić information content (AvgIpc) is 3.84. The molecule has 8 nitrogen and oxygen atoms in total. The van der Waals surface area contributed by atoms with Crippen molar-refractivity contribution >= 4 is 17.7 Å². The van der Waals surface area contributed by atoms with Gasteiger partial charge in [-0.2, -0.15) is 13.9 Å². The summed E-state index contributed by atoms with van der Waals surface area (Å²) in [4.78, 5) is 26.0. The van der Waals surface area contributed by atoms with Crippen LogP contribution in [0.25, 0.3) is 16.8 Å². The second kappa shape index (κ2) is 15.4. The van der Waals surface area contributed by atoms with Gasteiger partial charge in [0.2, 0.25) is 0 Å². The standard InChI is InChI=1S/C41H42F3N5O3/c1-40(2,3)52-39(51)46-25-28-9-7-14-34(21-28)49-35(23-36(48-49)41(43,44)26-42)38(50)47-33-13-8-12-32(22-33)37(45-24-27-15-16-27)31-19-17-30(18-20-31)29-10-5-4-6-11-29/h4-14,17-23,27,37,45H,15-16,24-26H2,1-3H3,(H,46,51)(H,47,50). The van der Waals surface area contributed by atoms with E-state index in [1.807, 2.05) is 36.4 Å². The van der Waals surface area contributed by atoms with Crippen LogP contribution in [0.3, 0.4) is 0 Å². The molecule has 0 saturated heterocycles. The molecule has 11 heteroatoms. The van der Waals surface area contributed by atoms with E-state index in [1.54, 1.807) is 51.1 Å². The number of anilines is 1. The number of alkyl halides is 3. The molecule has 52 heavy (non-hydrogen) atoms. The van der Waals surface area contributed by atoms with Crippen LogP contribution in [0.2, 0.25) is 0 Å². The number of aromatic nitrogens is 2. The number of nitrogens with one attached hydrogen (secondary N) is 3. The highest BCUT2D eigenvalue weighted by Gasteiger charge is 2.37. The number of carbonyl (C=O) groups excluding carboxylic acids is 2. The van der Waals surface area contributed by atoms with Gasteiger partial charge in [-0.25, -0.2) is 13.9 Å². The van der Waals surface area contributed by atoms with Crippen LogP contribution in [-0.4, -0.2) is 40.6 Å². The number of nitrogens with zero attached hydrogens (tertiary/aromatic N) is 2. The Kier molecular flexibility index (Phi) is 10.8. The molecule has 0 spiro atoms. The fourth-order valence-electron chi connectivity index (χ4n) is 5.80. The third kappa shape index (κ3) is 9.27. The highest BCUT2D eigenvalue weighted by Crippen LogP contribution is 2.33. The number of halogens is 3. The summed E-state index contributed by atoms with van der Waals surface area (Å²) in [5, 5.41) is 13.2. The number of hydrogen-bond acceptors (Lipinski definition) is 5. The molecule has 1 unspecified atom stereocenters. The molecule has 2 amide bonds. The number of carbonyl (C=O) groups is 2. The smallest absolute Gasteiger partial charge is 0.407 e. The molecule has 6 rings (SSSR count). The van der Waals surface area contributed by atoms with Gasteiger partial charge in [0.25, 0.3) is 5.91 Å². The lowest BCUT2D eigenvalue weighted by molar-refractivity contribution is -0.0324. The van der Waals surface area contributed by atoms with Crippen LogP contribution >= 0.6 is 0 Å². The first kappa shape index (κ1) is 36.4. The summed E-state index contributed by atoms with van der Waals surface area (Å²) in [5.41, 5.74) is 3.72. The van der Waals surface area contributed by atoms with Crippen molar-refractivity contribution < 1.29 is 27.5 Å². The first-order valence-electron chi connectivity index (χ1n) is 17.3. The molecule has 0 bridgehead atoms. The molecule has 1 aromatic heterocycles. The predicted molar refractivity (Wildman–Crippen MR) is 195 cm³/mol. The van der Waals surface area contributed by atoms with Gasteiger partial charge in [-0.05, 0) is 104 Å². The molecule has 1 aliphatic rings. The maximum Gasteiger partial charge on any atom is 0.407 e. The SMILES string of the molecule is CC(C)(C)OC(=O)NCc1cccc(-n2nc(C(F)(F)CF)cc2C(=O)Nc2cccc(C(NCC3CC3)c3ccc(-c4ccccc4)cc3)c2)c1. The monoisotopic (exact) mass is 709 g/mol. The van der Waals surface area contributed by atoms with E-state index in [0.29, 0.717) is 17.2 Å². The van der Waals surface area contributed by atoms with Gasteiger partial charge >= 0.3 is 12.0 Å². The van der Waals surface area contributed by atoms with E-state index in [9.17, 15) is 22.8 Å². The first-order valence-corrected chi connectivity index (χ1v) is 17.3. The predicted octanol–water partition coefficient (Wildman–Crippen LogP) is 8.97. The Hall–Kier alpha value is -5.42. The normalized spacial score (nSPS) is 13.7. The Balaban J connectivity index is 1.26. The quantitative estimate of drug-likeness (QED) is 0.113. The van der Waals surface area contributed by atoms with Gasteiger partial charge in [0, 0.05) is 12.2 Å². The largest absolute Gasteiger partial charge is 0.444 e. The maximum atomic E-state index is 14.6. The van der Waals surface area contributed by atoms with Crippen molar-refractivity contribution in [1.29, 1.82) is 0 Å². The minimum absolute atomic E-state index is 0.0662. The molecular weight excluding hydrogens is 667 g/mol. The van der Waals surface area contributed by atoms with Gasteiger partial charge in [-0.15, -0.1) is 0 Å². The molecule has 1 aliphatic carbocycles. The Labute approximate surface area is 301 Å². The molecule has 4 aromatic carbocycles. The van der Waals surface area contributed by atoms with Crippen LogP contribution in [0.5, 0.6) is 0 Å². The van der Waals surface area contributed by atoms with Crippen LogP contribution in [0, 0.1) is 5.92 Å². The fraction of sp³-hybridized carbons (Fsp3) is 0.293. The van der Waals surface area contributed by atoms with Gasteiger partial charge in [-0.3, -0.25) is 4.79 Å². The van der Waals surface area contributed by atoms with Crippen LogP contribution in [-0.2, 0) is 17.2 Å².